The van der Waals surface area contributed by atoms with E-state index in [1.807, 2.05) is 55.5 Å². The van der Waals surface area contributed by atoms with Crippen molar-refractivity contribution in [2.24, 2.45) is 0 Å². The van der Waals surface area contributed by atoms with Gasteiger partial charge in [0.05, 0.1) is 23.1 Å². The van der Waals surface area contributed by atoms with E-state index < -0.39 is 6.10 Å². The third-order valence-corrected chi connectivity index (χ3v) is 5.90. The molecular weight excluding hydrogens is 408 g/mol. The Bertz CT molecular complexity index is 1140. The van der Waals surface area contributed by atoms with Gasteiger partial charge in [0, 0.05) is 26.2 Å². The van der Waals surface area contributed by atoms with Crippen LogP contribution in [0.3, 0.4) is 0 Å². The summed E-state index contributed by atoms with van der Waals surface area (Å²) in [6, 6.07) is 17.1. The second-order valence-electron chi connectivity index (χ2n) is 7.87. The van der Waals surface area contributed by atoms with Gasteiger partial charge in [0.1, 0.15) is 6.61 Å². The van der Waals surface area contributed by atoms with Crippen LogP contribution in [-0.2, 0) is 4.79 Å². The number of ether oxygens (including phenoxy) is 2. The number of nitrogens with zero attached hydrogens (tertiary/aromatic N) is 4. The monoisotopic (exact) mass is 432 g/mol. The fourth-order valence-electron chi connectivity index (χ4n) is 4.09. The number of benzene rings is 2. The van der Waals surface area contributed by atoms with E-state index >= 15 is 0 Å². The molecule has 164 valence electrons. The number of aromatic nitrogens is 2. The molecule has 0 saturated carbocycles. The molecule has 2 aliphatic heterocycles. The number of carbonyl (C=O) groups excluding carboxylic acids is 2. The Balaban J connectivity index is 1.21. The van der Waals surface area contributed by atoms with Crippen molar-refractivity contribution in [1.29, 1.82) is 0 Å². The zero-order chi connectivity index (χ0) is 22.1. The highest BCUT2D eigenvalue weighted by Gasteiger charge is 2.34. The molecule has 5 rings (SSSR count). The van der Waals surface area contributed by atoms with E-state index in [9.17, 15) is 9.59 Å². The first-order valence-electron chi connectivity index (χ1n) is 10.7. The topological polar surface area (TPSA) is 76.9 Å². The molecule has 8 heteroatoms. The molecule has 0 radical (unpaired) electrons. The van der Waals surface area contributed by atoms with Gasteiger partial charge >= 0.3 is 0 Å². The molecule has 0 unspecified atom stereocenters. The first-order valence-corrected chi connectivity index (χ1v) is 10.7. The number of hydrogen-bond acceptors (Lipinski definition) is 5. The maximum atomic E-state index is 13.1. The first-order chi connectivity index (χ1) is 15.6. The van der Waals surface area contributed by atoms with Crippen LogP contribution in [0.4, 0.5) is 0 Å². The molecule has 0 spiro atoms. The minimum absolute atomic E-state index is 0.0667. The Morgan fingerprint density at radius 2 is 1.56 bits per heavy atom. The summed E-state index contributed by atoms with van der Waals surface area (Å²) in [6.45, 7) is 3.92. The summed E-state index contributed by atoms with van der Waals surface area (Å²) in [6.07, 6.45) is 0.950. The van der Waals surface area contributed by atoms with Crippen LogP contribution in [0.5, 0.6) is 11.5 Å². The molecule has 8 nitrogen and oxygen atoms in total. The van der Waals surface area contributed by atoms with Gasteiger partial charge in [0.15, 0.2) is 11.5 Å². The van der Waals surface area contributed by atoms with Crippen molar-refractivity contribution >= 4 is 11.8 Å². The van der Waals surface area contributed by atoms with Gasteiger partial charge in [-0.1, -0.05) is 30.3 Å². The summed E-state index contributed by atoms with van der Waals surface area (Å²) in [4.78, 5) is 29.5. The molecular formula is C24H24N4O4. The SMILES string of the molecule is Cc1c(C(=O)N2CCN(C(=O)[C@@H]3COc4ccccc4O3)CC2)cnn1-c1ccccc1. The lowest BCUT2D eigenvalue weighted by Gasteiger charge is -2.37. The van der Waals surface area contributed by atoms with Crippen LogP contribution >= 0.6 is 0 Å². The minimum Gasteiger partial charge on any atom is -0.485 e. The number of para-hydroxylation sites is 3. The number of fused-ring (bicyclic) bond motifs is 1. The van der Waals surface area contributed by atoms with Crippen molar-refractivity contribution in [2.75, 3.05) is 32.8 Å². The molecule has 3 heterocycles. The molecule has 0 N–H and O–H groups in total. The van der Waals surface area contributed by atoms with Crippen LogP contribution in [-0.4, -0.2) is 70.3 Å². The smallest absolute Gasteiger partial charge is 0.267 e. The summed E-state index contributed by atoms with van der Waals surface area (Å²) >= 11 is 0. The van der Waals surface area contributed by atoms with E-state index in [0.29, 0.717) is 43.2 Å². The second kappa shape index (κ2) is 8.37. The highest BCUT2D eigenvalue weighted by Crippen LogP contribution is 2.31. The molecule has 1 aromatic heterocycles. The van der Waals surface area contributed by atoms with Crippen LogP contribution in [0.25, 0.3) is 5.69 Å². The average Bonchev–Trinajstić information content (AvgIpc) is 3.24. The van der Waals surface area contributed by atoms with Gasteiger partial charge in [-0.15, -0.1) is 0 Å². The van der Waals surface area contributed by atoms with E-state index in [1.165, 1.54) is 0 Å². The Labute approximate surface area is 185 Å². The Morgan fingerprint density at radius 1 is 0.906 bits per heavy atom. The highest BCUT2D eigenvalue weighted by molar-refractivity contribution is 5.95. The van der Waals surface area contributed by atoms with Gasteiger partial charge in [-0.05, 0) is 31.2 Å². The maximum absolute atomic E-state index is 13.1. The van der Waals surface area contributed by atoms with Crippen molar-refractivity contribution in [3.8, 4) is 17.2 Å². The third-order valence-electron chi connectivity index (χ3n) is 5.90. The molecule has 2 amide bonds. The molecule has 2 aromatic carbocycles. The van der Waals surface area contributed by atoms with Crippen molar-refractivity contribution in [3.63, 3.8) is 0 Å². The highest BCUT2D eigenvalue weighted by atomic mass is 16.6. The molecule has 0 aliphatic carbocycles. The van der Waals surface area contributed by atoms with Gasteiger partial charge < -0.3 is 19.3 Å². The lowest BCUT2D eigenvalue weighted by Crippen LogP contribution is -2.55. The van der Waals surface area contributed by atoms with Gasteiger partial charge in [-0.2, -0.15) is 5.10 Å². The number of carbonyl (C=O) groups is 2. The van der Waals surface area contributed by atoms with Crippen LogP contribution in [0.2, 0.25) is 0 Å². The summed E-state index contributed by atoms with van der Waals surface area (Å²) < 4.78 is 13.3. The van der Waals surface area contributed by atoms with E-state index in [-0.39, 0.29) is 18.4 Å². The predicted octanol–water partition coefficient (Wildman–Crippen LogP) is 2.31. The van der Waals surface area contributed by atoms with Crippen LogP contribution < -0.4 is 9.47 Å². The van der Waals surface area contributed by atoms with E-state index in [0.717, 1.165) is 11.4 Å². The molecule has 2 aliphatic rings. The Morgan fingerprint density at radius 3 is 2.31 bits per heavy atom. The minimum atomic E-state index is -0.668. The first kappa shape index (κ1) is 20.1. The molecule has 1 fully saturated rings. The lowest BCUT2D eigenvalue weighted by molar-refractivity contribution is -0.142. The van der Waals surface area contributed by atoms with Crippen LogP contribution in [0.1, 0.15) is 16.1 Å². The van der Waals surface area contributed by atoms with Gasteiger partial charge in [-0.25, -0.2) is 4.68 Å². The normalized spacial score (nSPS) is 17.8. The van der Waals surface area contributed by atoms with Gasteiger partial charge in [-0.3, -0.25) is 9.59 Å². The quantitative estimate of drug-likeness (QED) is 0.635. The standard InChI is InChI=1S/C24H24N4O4/c1-17-19(15-25-28(17)18-7-3-2-4-8-18)23(29)26-11-13-27(14-12-26)24(30)22-16-31-20-9-5-6-10-21(20)32-22/h2-10,15,22H,11-14,16H2,1H3/t22-/m0/s1. The van der Waals surface area contributed by atoms with Crippen molar-refractivity contribution in [3.05, 3.63) is 72.1 Å². The van der Waals surface area contributed by atoms with Crippen molar-refractivity contribution in [1.82, 2.24) is 19.6 Å². The van der Waals surface area contributed by atoms with E-state index in [1.54, 1.807) is 26.7 Å². The van der Waals surface area contributed by atoms with Crippen LogP contribution in [0, 0.1) is 6.92 Å². The predicted molar refractivity (Wildman–Crippen MR) is 117 cm³/mol. The molecule has 1 saturated heterocycles. The Kier molecular flexibility index (Phi) is 5.26. The number of piperazine rings is 1. The number of amides is 2. The Hall–Kier alpha value is -3.81. The zero-order valence-corrected chi connectivity index (χ0v) is 17.8. The maximum Gasteiger partial charge on any atom is 0.267 e. The van der Waals surface area contributed by atoms with E-state index in [4.69, 9.17) is 9.47 Å². The fourth-order valence-corrected chi connectivity index (χ4v) is 4.09. The van der Waals surface area contributed by atoms with Crippen LogP contribution in [0.15, 0.2) is 60.8 Å². The lowest BCUT2D eigenvalue weighted by atomic mass is 10.2. The zero-order valence-electron chi connectivity index (χ0n) is 17.8. The summed E-state index contributed by atoms with van der Waals surface area (Å²) in [5, 5.41) is 4.40. The molecule has 32 heavy (non-hydrogen) atoms. The molecule has 0 bridgehead atoms. The number of rotatable bonds is 3. The average molecular weight is 432 g/mol. The van der Waals surface area contributed by atoms with Gasteiger partial charge in [0.2, 0.25) is 6.10 Å². The summed E-state index contributed by atoms with van der Waals surface area (Å²) in [5.41, 5.74) is 2.29. The fraction of sp³-hybridized carbons (Fsp3) is 0.292. The van der Waals surface area contributed by atoms with Gasteiger partial charge in [0.25, 0.3) is 11.8 Å². The second-order valence-corrected chi connectivity index (χ2v) is 7.87. The van der Waals surface area contributed by atoms with E-state index in [2.05, 4.69) is 5.10 Å². The van der Waals surface area contributed by atoms with Crippen molar-refractivity contribution < 1.29 is 19.1 Å². The molecule has 3 aromatic rings. The van der Waals surface area contributed by atoms with Crippen molar-refractivity contribution in [2.45, 2.75) is 13.0 Å². The molecule has 1 atom stereocenters. The third kappa shape index (κ3) is 3.68. The summed E-state index contributed by atoms with van der Waals surface area (Å²) in [5.74, 6) is 1.05. The summed E-state index contributed by atoms with van der Waals surface area (Å²) in [7, 11) is 0. The number of hydrogen-bond donors (Lipinski definition) is 0. The largest absolute Gasteiger partial charge is 0.485 e.